The number of carbonyl (C=O) groups is 1. The Morgan fingerprint density at radius 1 is 1.21 bits per heavy atom. The van der Waals surface area contributed by atoms with E-state index in [9.17, 15) is 4.79 Å². The van der Waals surface area contributed by atoms with Gasteiger partial charge in [-0.15, -0.1) is 0 Å². The van der Waals surface area contributed by atoms with Crippen molar-refractivity contribution in [2.45, 2.75) is 39.0 Å². The molecule has 2 aromatic carbocycles. The SMILES string of the molecule is CC(=O)c1ccc(C)c(C#Cc2ccc3c(c2)N=CCC3CCc2cn[nH]c2)c1. The van der Waals surface area contributed by atoms with Gasteiger partial charge in [-0.25, -0.2) is 0 Å². The summed E-state index contributed by atoms with van der Waals surface area (Å²) in [7, 11) is 0. The predicted molar refractivity (Wildman–Crippen MR) is 116 cm³/mol. The number of aromatic nitrogens is 2. The van der Waals surface area contributed by atoms with E-state index in [1.807, 2.05) is 43.7 Å². The molecule has 0 aliphatic carbocycles. The summed E-state index contributed by atoms with van der Waals surface area (Å²) in [5.41, 5.74) is 7.11. The van der Waals surface area contributed by atoms with E-state index in [-0.39, 0.29) is 5.78 Å². The predicted octanol–water partition coefficient (Wildman–Crippen LogP) is 5.14. The Bertz CT molecular complexity index is 1130. The van der Waals surface area contributed by atoms with Gasteiger partial charge >= 0.3 is 0 Å². The summed E-state index contributed by atoms with van der Waals surface area (Å²) in [5.74, 6) is 6.98. The van der Waals surface area contributed by atoms with E-state index in [0.717, 1.165) is 41.6 Å². The van der Waals surface area contributed by atoms with Crippen molar-refractivity contribution in [1.29, 1.82) is 0 Å². The number of fused-ring (bicyclic) bond motifs is 1. The van der Waals surface area contributed by atoms with Crippen LogP contribution in [-0.4, -0.2) is 22.2 Å². The lowest BCUT2D eigenvalue weighted by Crippen LogP contribution is -2.06. The fourth-order valence-electron chi connectivity index (χ4n) is 3.63. The molecule has 1 aliphatic rings. The normalized spacial score (nSPS) is 14.8. The van der Waals surface area contributed by atoms with Crippen LogP contribution in [0.5, 0.6) is 0 Å². The van der Waals surface area contributed by atoms with Crippen molar-refractivity contribution in [2.24, 2.45) is 4.99 Å². The second kappa shape index (κ2) is 8.28. The first-order chi connectivity index (χ1) is 14.1. The Morgan fingerprint density at radius 3 is 2.90 bits per heavy atom. The maximum Gasteiger partial charge on any atom is 0.159 e. The third-order valence-electron chi connectivity index (χ3n) is 5.41. The number of rotatable bonds is 4. The fraction of sp³-hybridized carbons (Fsp3) is 0.240. The Balaban J connectivity index is 1.55. The van der Waals surface area contributed by atoms with E-state index >= 15 is 0 Å². The molecule has 0 fully saturated rings. The first-order valence-electron chi connectivity index (χ1n) is 9.88. The third kappa shape index (κ3) is 4.35. The standard InChI is InChI=1S/C25H23N3O/c1-17-3-7-23(18(2)29)14-22(17)9-4-19-6-10-24-21(11-12-26-25(24)13-19)8-5-20-15-27-28-16-20/h3,6-7,10,12-16,21H,5,8,11H2,1-2H3,(H,27,28). The maximum absolute atomic E-state index is 11.6. The topological polar surface area (TPSA) is 58.1 Å². The summed E-state index contributed by atoms with van der Waals surface area (Å²) in [6.07, 6.45) is 8.90. The van der Waals surface area contributed by atoms with E-state index in [1.54, 1.807) is 6.92 Å². The molecule has 2 heterocycles. The second-order valence-electron chi connectivity index (χ2n) is 7.50. The van der Waals surface area contributed by atoms with Gasteiger partial charge < -0.3 is 0 Å². The highest BCUT2D eigenvalue weighted by Crippen LogP contribution is 2.36. The summed E-state index contributed by atoms with van der Waals surface area (Å²) >= 11 is 0. The summed E-state index contributed by atoms with van der Waals surface area (Å²) in [6.45, 7) is 3.59. The molecule has 0 saturated carbocycles. The average Bonchev–Trinajstić information content (AvgIpc) is 3.25. The van der Waals surface area contributed by atoms with Gasteiger partial charge in [0.1, 0.15) is 0 Å². The Hall–Kier alpha value is -3.45. The molecule has 0 saturated heterocycles. The Morgan fingerprint density at radius 2 is 2.10 bits per heavy atom. The molecule has 1 N–H and O–H groups in total. The summed E-state index contributed by atoms with van der Waals surface area (Å²) < 4.78 is 0. The molecule has 1 unspecified atom stereocenters. The summed E-state index contributed by atoms with van der Waals surface area (Å²) in [4.78, 5) is 16.2. The molecule has 144 valence electrons. The van der Waals surface area contributed by atoms with Crippen molar-refractivity contribution in [2.75, 3.05) is 0 Å². The number of aryl methyl sites for hydroxylation is 2. The molecule has 0 amide bonds. The average molecular weight is 381 g/mol. The zero-order chi connectivity index (χ0) is 20.2. The quantitative estimate of drug-likeness (QED) is 0.502. The van der Waals surface area contributed by atoms with Crippen molar-refractivity contribution in [3.05, 3.63) is 82.2 Å². The number of benzene rings is 2. The van der Waals surface area contributed by atoms with E-state index in [4.69, 9.17) is 0 Å². The van der Waals surface area contributed by atoms with E-state index in [1.165, 1.54) is 11.1 Å². The zero-order valence-corrected chi connectivity index (χ0v) is 16.7. The Kier molecular flexibility index (Phi) is 5.39. The lowest BCUT2D eigenvalue weighted by Gasteiger charge is -2.21. The number of aromatic amines is 1. The van der Waals surface area contributed by atoms with Crippen LogP contribution in [0, 0.1) is 18.8 Å². The van der Waals surface area contributed by atoms with Gasteiger partial charge in [-0.1, -0.05) is 30.0 Å². The molecule has 0 bridgehead atoms. The van der Waals surface area contributed by atoms with Crippen molar-refractivity contribution in [1.82, 2.24) is 10.2 Å². The van der Waals surface area contributed by atoms with Gasteiger partial charge in [0.25, 0.3) is 0 Å². The van der Waals surface area contributed by atoms with E-state index in [0.29, 0.717) is 11.5 Å². The molecule has 1 aromatic heterocycles. The highest BCUT2D eigenvalue weighted by molar-refractivity contribution is 5.94. The molecular weight excluding hydrogens is 358 g/mol. The number of nitrogens with one attached hydrogen (secondary N) is 1. The van der Waals surface area contributed by atoms with Gasteiger partial charge in [0, 0.05) is 29.1 Å². The molecular formula is C25H23N3O. The van der Waals surface area contributed by atoms with Crippen molar-refractivity contribution < 1.29 is 4.79 Å². The van der Waals surface area contributed by atoms with Gasteiger partial charge in [0.2, 0.25) is 0 Å². The van der Waals surface area contributed by atoms with Crippen LogP contribution in [-0.2, 0) is 6.42 Å². The van der Waals surface area contributed by atoms with Crippen LogP contribution in [0.4, 0.5) is 5.69 Å². The lowest BCUT2D eigenvalue weighted by atomic mass is 9.87. The lowest BCUT2D eigenvalue weighted by molar-refractivity contribution is 0.101. The highest BCUT2D eigenvalue weighted by Gasteiger charge is 2.18. The molecule has 1 aliphatic heterocycles. The number of hydrogen-bond donors (Lipinski definition) is 1. The largest absolute Gasteiger partial charge is 0.295 e. The van der Waals surface area contributed by atoms with Gasteiger partial charge in [-0.2, -0.15) is 5.10 Å². The molecule has 0 spiro atoms. The second-order valence-corrected chi connectivity index (χ2v) is 7.50. The number of aliphatic imine (C=N–C) groups is 1. The van der Waals surface area contributed by atoms with Crippen LogP contribution >= 0.6 is 0 Å². The fourth-order valence-corrected chi connectivity index (χ4v) is 3.63. The smallest absolute Gasteiger partial charge is 0.159 e. The number of hydrogen-bond acceptors (Lipinski definition) is 3. The highest BCUT2D eigenvalue weighted by atomic mass is 16.1. The first kappa shape index (κ1) is 18.9. The van der Waals surface area contributed by atoms with Crippen molar-refractivity contribution in [3.63, 3.8) is 0 Å². The zero-order valence-electron chi connectivity index (χ0n) is 16.7. The monoisotopic (exact) mass is 381 g/mol. The maximum atomic E-state index is 11.6. The van der Waals surface area contributed by atoms with Crippen LogP contribution in [0.3, 0.4) is 0 Å². The van der Waals surface area contributed by atoms with E-state index in [2.05, 4.69) is 45.2 Å². The van der Waals surface area contributed by atoms with Gasteiger partial charge in [0.15, 0.2) is 5.78 Å². The molecule has 4 nitrogen and oxygen atoms in total. The minimum absolute atomic E-state index is 0.0534. The van der Waals surface area contributed by atoms with Crippen LogP contribution in [0.15, 0.2) is 53.8 Å². The summed E-state index contributed by atoms with van der Waals surface area (Å²) in [6, 6.07) is 12.0. The minimum atomic E-state index is 0.0534. The molecule has 0 radical (unpaired) electrons. The van der Waals surface area contributed by atoms with Crippen LogP contribution < -0.4 is 0 Å². The first-order valence-corrected chi connectivity index (χ1v) is 9.88. The Labute approximate surface area is 171 Å². The van der Waals surface area contributed by atoms with Crippen molar-refractivity contribution in [3.8, 4) is 11.8 Å². The number of nitrogens with zero attached hydrogens (tertiary/aromatic N) is 2. The number of ketones is 1. The number of carbonyl (C=O) groups excluding carboxylic acids is 1. The molecule has 1 atom stereocenters. The molecule has 29 heavy (non-hydrogen) atoms. The third-order valence-corrected chi connectivity index (χ3v) is 5.41. The molecule has 4 heteroatoms. The van der Waals surface area contributed by atoms with Crippen molar-refractivity contribution >= 4 is 17.7 Å². The van der Waals surface area contributed by atoms with E-state index < -0.39 is 0 Å². The van der Waals surface area contributed by atoms with Gasteiger partial charge in [-0.3, -0.25) is 14.9 Å². The van der Waals surface area contributed by atoms with Crippen LogP contribution in [0.1, 0.15) is 63.9 Å². The number of Topliss-reactive ketones (excluding diaryl/α,β-unsaturated/α-hetero) is 1. The molecule has 3 aromatic rings. The van der Waals surface area contributed by atoms with Gasteiger partial charge in [0.05, 0.1) is 11.9 Å². The number of H-pyrrole nitrogens is 1. The van der Waals surface area contributed by atoms with Gasteiger partial charge in [-0.05, 0) is 73.9 Å². The van der Waals surface area contributed by atoms with Crippen LogP contribution in [0.2, 0.25) is 0 Å². The molecule has 4 rings (SSSR count). The van der Waals surface area contributed by atoms with Crippen LogP contribution in [0.25, 0.3) is 0 Å². The minimum Gasteiger partial charge on any atom is -0.295 e. The summed E-state index contributed by atoms with van der Waals surface area (Å²) in [5, 5.41) is 6.90.